The highest BCUT2D eigenvalue weighted by Gasteiger charge is 2.01. The molecule has 0 saturated carbocycles. The Morgan fingerprint density at radius 1 is 0.783 bits per heavy atom. The summed E-state index contributed by atoms with van der Waals surface area (Å²) < 4.78 is 16.6. The van der Waals surface area contributed by atoms with Gasteiger partial charge in [-0.1, -0.05) is 6.92 Å². The summed E-state index contributed by atoms with van der Waals surface area (Å²) in [6.07, 6.45) is 0.982. The first-order valence-corrected chi connectivity index (χ1v) is 7.57. The van der Waals surface area contributed by atoms with E-state index < -0.39 is 5.91 Å². The van der Waals surface area contributed by atoms with Crippen LogP contribution in [-0.2, 0) is 0 Å². The van der Waals surface area contributed by atoms with Crippen molar-refractivity contribution in [1.82, 2.24) is 0 Å². The van der Waals surface area contributed by atoms with Crippen molar-refractivity contribution in [2.75, 3.05) is 19.8 Å². The molecule has 0 aliphatic rings. The second-order valence-corrected chi connectivity index (χ2v) is 4.91. The quantitative estimate of drug-likeness (QED) is 0.722. The van der Waals surface area contributed by atoms with Gasteiger partial charge in [-0.25, -0.2) is 0 Å². The van der Waals surface area contributed by atoms with E-state index in [1.54, 1.807) is 24.3 Å². The number of primary amides is 1. The molecule has 2 N–H and O–H groups in total. The van der Waals surface area contributed by atoms with Gasteiger partial charge in [0.2, 0.25) is 5.91 Å². The van der Waals surface area contributed by atoms with Gasteiger partial charge in [-0.3, -0.25) is 4.79 Å². The minimum Gasteiger partial charge on any atom is -0.494 e. The van der Waals surface area contributed by atoms with E-state index >= 15 is 0 Å². The highest BCUT2D eigenvalue weighted by molar-refractivity contribution is 5.92. The molecule has 2 aromatic carbocycles. The Bertz CT molecular complexity index is 608. The van der Waals surface area contributed by atoms with Gasteiger partial charge in [-0.2, -0.15) is 0 Å². The minimum atomic E-state index is -0.453. The molecule has 0 spiro atoms. The fourth-order valence-electron chi connectivity index (χ4n) is 1.89. The third-order valence-corrected chi connectivity index (χ3v) is 3.06. The minimum absolute atomic E-state index is 0.407. The lowest BCUT2D eigenvalue weighted by molar-refractivity contribution is 0.1000. The summed E-state index contributed by atoms with van der Waals surface area (Å²) in [5.74, 6) is 1.82. The van der Waals surface area contributed by atoms with Gasteiger partial charge in [0.05, 0.1) is 6.61 Å². The van der Waals surface area contributed by atoms with Crippen LogP contribution >= 0.6 is 0 Å². The van der Waals surface area contributed by atoms with Gasteiger partial charge in [0.1, 0.15) is 30.5 Å². The van der Waals surface area contributed by atoms with Crippen LogP contribution in [0.1, 0.15) is 23.7 Å². The van der Waals surface area contributed by atoms with E-state index in [0.717, 1.165) is 17.9 Å². The zero-order chi connectivity index (χ0) is 16.5. The lowest BCUT2D eigenvalue weighted by atomic mass is 10.2. The monoisotopic (exact) mass is 315 g/mol. The first-order chi connectivity index (χ1) is 11.2. The van der Waals surface area contributed by atoms with Gasteiger partial charge in [-0.15, -0.1) is 0 Å². The van der Waals surface area contributed by atoms with Crippen molar-refractivity contribution in [3.8, 4) is 17.2 Å². The molecule has 0 fully saturated rings. The van der Waals surface area contributed by atoms with Gasteiger partial charge in [0.25, 0.3) is 0 Å². The van der Waals surface area contributed by atoms with Crippen LogP contribution in [0.4, 0.5) is 0 Å². The predicted octanol–water partition coefficient (Wildman–Crippen LogP) is 3.03. The van der Waals surface area contributed by atoms with Crippen LogP contribution in [0, 0.1) is 0 Å². The van der Waals surface area contributed by atoms with Gasteiger partial charge in [-0.05, 0) is 55.0 Å². The molecular weight excluding hydrogens is 294 g/mol. The Hall–Kier alpha value is -2.69. The Kier molecular flexibility index (Phi) is 6.29. The molecule has 122 valence electrons. The molecule has 2 aromatic rings. The normalized spacial score (nSPS) is 10.1. The van der Waals surface area contributed by atoms with Crippen LogP contribution in [0.15, 0.2) is 48.5 Å². The van der Waals surface area contributed by atoms with E-state index in [2.05, 4.69) is 6.92 Å². The van der Waals surface area contributed by atoms with Crippen LogP contribution in [0.3, 0.4) is 0 Å². The van der Waals surface area contributed by atoms with Crippen molar-refractivity contribution in [2.24, 2.45) is 5.73 Å². The average Bonchev–Trinajstić information content (AvgIpc) is 2.58. The topological polar surface area (TPSA) is 70.8 Å². The number of carbonyl (C=O) groups excluding carboxylic acids is 1. The summed E-state index contributed by atoms with van der Waals surface area (Å²) in [4.78, 5) is 11.0. The summed E-state index contributed by atoms with van der Waals surface area (Å²) in [5, 5.41) is 0. The van der Waals surface area contributed by atoms with Gasteiger partial charge in [0, 0.05) is 5.56 Å². The fourth-order valence-corrected chi connectivity index (χ4v) is 1.89. The SMILES string of the molecule is CCCOc1ccc(OCCOc2ccc(C(N)=O)cc2)cc1. The molecular formula is C18H21NO4. The van der Waals surface area contributed by atoms with Crippen LogP contribution in [0.25, 0.3) is 0 Å². The third-order valence-electron chi connectivity index (χ3n) is 3.06. The molecule has 0 aliphatic heterocycles. The first kappa shape index (κ1) is 16.7. The molecule has 1 amide bonds. The van der Waals surface area contributed by atoms with E-state index in [1.807, 2.05) is 24.3 Å². The van der Waals surface area contributed by atoms with Crippen molar-refractivity contribution in [1.29, 1.82) is 0 Å². The van der Waals surface area contributed by atoms with Crippen molar-refractivity contribution in [3.05, 3.63) is 54.1 Å². The van der Waals surface area contributed by atoms with Crippen molar-refractivity contribution in [2.45, 2.75) is 13.3 Å². The van der Waals surface area contributed by atoms with E-state index in [9.17, 15) is 4.79 Å². The zero-order valence-corrected chi connectivity index (χ0v) is 13.2. The molecule has 0 bridgehead atoms. The smallest absolute Gasteiger partial charge is 0.248 e. The Morgan fingerprint density at radius 2 is 1.17 bits per heavy atom. The second kappa shape index (κ2) is 8.68. The third kappa shape index (κ3) is 5.54. The van der Waals surface area contributed by atoms with Crippen LogP contribution < -0.4 is 19.9 Å². The first-order valence-electron chi connectivity index (χ1n) is 7.57. The molecule has 0 aromatic heterocycles. The summed E-state index contributed by atoms with van der Waals surface area (Å²) in [6.45, 7) is 3.61. The molecule has 0 heterocycles. The maximum absolute atomic E-state index is 11.0. The van der Waals surface area contributed by atoms with E-state index in [-0.39, 0.29) is 0 Å². The zero-order valence-electron chi connectivity index (χ0n) is 13.2. The number of ether oxygens (including phenoxy) is 3. The Balaban J connectivity index is 1.71. The number of carbonyl (C=O) groups is 1. The number of amides is 1. The predicted molar refractivity (Wildman–Crippen MR) is 88.2 cm³/mol. The molecule has 23 heavy (non-hydrogen) atoms. The lowest BCUT2D eigenvalue weighted by Gasteiger charge is -2.09. The van der Waals surface area contributed by atoms with E-state index in [4.69, 9.17) is 19.9 Å². The molecule has 0 unspecified atom stereocenters. The highest BCUT2D eigenvalue weighted by atomic mass is 16.5. The molecule has 2 rings (SSSR count). The maximum Gasteiger partial charge on any atom is 0.248 e. The number of hydrogen-bond acceptors (Lipinski definition) is 4. The van der Waals surface area contributed by atoms with Crippen molar-refractivity contribution < 1.29 is 19.0 Å². The number of hydrogen-bond donors (Lipinski definition) is 1. The Labute approximate surface area is 136 Å². The Morgan fingerprint density at radius 3 is 1.57 bits per heavy atom. The van der Waals surface area contributed by atoms with E-state index in [1.165, 1.54) is 0 Å². The molecule has 5 heteroatoms. The lowest BCUT2D eigenvalue weighted by Crippen LogP contribution is -2.11. The van der Waals surface area contributed by atoms with Crippen molar-refractivity contribution in [3.63, 3.8) is 0 Å². The van der Waals surface area contributed by atoms with Crippen LogP contribution in [0.2, 0.25) is 0 Å². The second-order valence-electron chi connectivity index (χ2n) is 4.91. The molecule has 0 saturated heterocycles. The van der Waals surface area contributed by atoms with Gasteiger partial charge < -0.3 is 19.9 Å². The summed E-state index contributed by atoms with van der Waals surface area (Å²) >= 11 is 0. The fraction of sp³-hybridized carbons (Fsp3) is 0.278. The summed E-state index contributed by atoms with van der Waals surface area (Å²) in [7, 11) is 0. The van der Waals surface area contributed by atoms with Crippen LogP contribution in [-0.4, -0.2) is 25.7 Å². The van der Waals surface area contributed by atoms with Crippen molar-refractivity contribution >= 4 is 5.91 Å². The molecule has 0 atom stereocenters. The standard InChI is InChI=1S/C18H21NO4/c1-2-11-21-16-7-9-17(10-8-16)23-13-12-22-15-5-3-14(4-6-15)18(19)20/h3-10H,2,11-13H2,1H3,(H2,19,20). The van der Waals surface area contributed by atoms with Gasteiger partial charge in [0.15, 0.2) is 0 Å². The molecule has 0 aliphatic carbocycles. The summed E-state index contributed by atoms with van der Waals surface area (Å²) in [6, 6.07) is 14.2. The van der Waals surface area contributed by atoms with Gasteiger partial charge >= 0.3 is 0 Å². The largest absolute Gasteiger partial charge is 0.494 e. The number of rotatable bonds is 9. The highest BCUT2D eigenvalue weighted by Crippen LogP contribution is 2.18. The molecule has 0 radical (unpaired) electrons. The molecule has 5 nitrogen and oxygen atoms in total. The number of benzene rings is 2. The summed E-state index contributed by atoms with van der Waals surface area (Å²) in [5.41, 5.74) is 5.64. The average molecular weight is 315 g/mol. The van der Waals surface area contributed by atoms with E-state index in [0.29, 0.717) is 31.1 Å². The number of nitrogens with two attached hydrogens (primary N) is 1. The maximum atomic E-state index is 11.0. The van der Waals surface area contributed by atoms with Crippen LogP contribution in [0.5, 0.6) is 17.2 Å².